The lowest BCUT2D eigenvalue weighted by molar-refractivity contribution is -0.137. The van der Waals surface area contributed by atoms with Gasteiger partial charge in [-0.3, -0.25) is 9.59 Å². The van der Waals surface area contributed by atoms with E-state index in [2.05, 4.69) is 10.2 Å². The summed E-state index contributed by atoms with van der Waals surface area (Å²) in [6.45, 7) is 0. The lowest BCUT2D eigenvalue weighted by Gasteiger charge is -2.06. The molecule has 2 aromatic rings. The largest absolute Gasteiger partial charge is 0.507 e. The van der Waals surface area contributed by atoms with Gasteiger partial charge in [-0.05, 0) is 48.9 Å². The molecule has 0 unspecified atom stereocenters. The molecule has 0 aliphatic heterocycles. The van der Waals surface area contributed by atoms with Crippen molar-refractivity contribution in [3.8, 4) is 5.75 Å². The predicted octanol–water partition coefficient (Wildman–Crippen LogP) is 2.57. The number of hydrogen-bond donors (Lipinski definition) is 4. The summed E-state index contributed by atoms with van der Waals surface area (Å²) in [4.78, 5) is 32.9. The molecule has 11 nitrogen and oxygen atoms in total. The van der Waals surface area contributed by atoms with Gasteiger partial charge in [-0.15, -0.1) is 0 Å². The minimum atomic E-state index is -4.13. The van der Waals surface area contributed by atoms with Gasteiger partial charge < -0.3 is 15.3 Å². The number of benzene rings is 2. The fourth-order valence-corrected chi connectivity index (χ4v) is 3.24. The highest BCUT2D eigenvalue weighted by atomic mass is 32.2. The first-order valence-electron chi connectivity index (χ1n) is 8.44. The molecule has 0 aromatic heterocycles. The molecule has 0 aliphatic carbocycles. The molecule has 0 fully saturated rings. The zero-order chi connectivity index (χ0) is 22.3. The van der Waals surface area contributed by atoms with Crippen LogP contribution in [-0.4, -0.2) is 41.6 Å². The van der Waals surface area contributed by atoms with Gasteiger partial charge in [0, 0.05) is 12.8 Å². The van der Waals surface area contributed by atoms with Crippen LogP contribution in [0.3, 0.4) is 0 Å². The normalized spacial score (nSPS) is 11.3. The Morgan fingerprint density at radius 1 is 0.900 bits per heavy atom. The van der Waals surface area contributed by atoms with E-state index in [9.17, 15) is 27.9 Å². The summed E-state index contributed by atoms with van der Waals surface area (Å²) in [5.41, 5.74) is 0.0780. The quantitative estimate of drug-likeness (QED) is 0.433. The topological polar surface area (TPSA) is 183 Å². The summed E-state index contributed by atoms with van der Waals surface area (Å²) in [5.74, 6) is -3.64. The average molecular weight is 435 g/mol. The Hall–Kier alpha value is -3.80. The lowest BCUT2D eigenvalue weighted by atomic mass is 10.2. The van der Waals surface area contributed by atoms with Gasteiger partial charge in [0.2, 0.25) is 5.91 Å². The fourth-order valence-electron chi connectivity index (χ4n) is 2.22. The Labute approximate surface area is 170 Å². The van der Waals surface area contributed by atoms with Crippen LogP contribution in [0.25, 0.3) is 0 Å². The van der Waals surface area contributed by atoms with Gasteiger partial charge in [0.1, 0.15) is 11.3 Å². The Morgan fingerprint density at radius 2 is 1.50 bits per heavy atom. The summed E-state index contributed by atoms with van der Waals surface area (Å²) in [6, 6.07) is 8.68. The van der Waals surface area contributed by atoms with Crippen LogP contribution in [0, 0.1) is 0 Å². The van der Waals surface area contributed by atoms with Crippen molar-refractivity contribution in [1.82, 2.24) is 4.72 Å². The van der Waals surface area contributed by atoms with Crippen LogP contribution in [0.1, 0.15) is 29.6 Å². The van der Waals surface area contributed by atoms with E-state index in [1.54, 1.807) is 0 Å². The average Bonchev–Trinajstić information content (AvgIpc) is 2.66. The highest BCUT2D eigenvalue weighted by molar-refractivity contribution is 7.90. The standard InChI is InChI=1S/C18H17N3O8S/c22-15-9-6-12(10-14(15)18(26)27)20-19-11-4-7-13(8-5-11)30(28,29)21-16(23)2-1-3-17(24)25/h4-10,22H,1-3H2,(H,21,23)(H,24,25)(H,26,27)/b20-19+. The van der Waals surface area contributed by atoms with Crippen LogP contribution in [0.15, 0.2) is 57.6 Å². The molecule has 4 N–H and O–H groups in total. The molecule has 0 saturated heterocycles. The predicted molar refractivity (Wildman–Crippen MR) is 102 cm³/mol. The Kier molecular flexibility index (Phi) is 7.20. The molecule has 0 saturated carbocycles. The van der Waals surface area contributed by atoms with Gasteiger partial charge in [0.05, 0.1) is 16.3 Å². The number of aromatic carboxylic acids is 1. The highest BCUT2D eigenvalue weighted by Crippen LogP contribution is 2.25. The number of aromatic hydroxyl groups is 1. The van der Waals surface area contributed by atoms with E-state index in [4.69, 9.17) is 10.2 Å². The number of nitrogens with zero attached hydrogens (tertiary/aromatic N) is 2. The van der Waals surface area contributed by atoms with E-state index >= 15 is 0 Å². The van der Waals surface area contributed by atoms with Gasteiger partial charge in [-0.1, -0.05) is 0 Å². The summed E-state index contributed by atoms with van der Waals surface area (Å²) < 4.78 is 26.2. The molecule has 0 bridgehead atoms. The highest BCUT2D eigenvalue weighted by Gasteiger charge is 2.17. The van der Waals surface area contributed by atoms with Gasteiger partial charge in [0.25, 0.3) is 10.0 Å². The van der Waals surface area contributed by atoms with Gasteiger partial charge >= 0.3 is 11.9 Å². The maximum absolute atomic E-state index is 12.2. The fraction of sp³-hybridized carbons (Fsp3) is 0.167. The number of carbonyl (C=O) groups is 3. The molecule has 2 rings (SSSR count). The van der Waals surface area contributed by atoms with E-state index < -0.39 is 33.6 Å². The van der Waals surface area contributed by atoms with Crippen molar-refractivity contribution in [1.29, 1.82) is 0 Å². The maximum atomic E-state index is 12.2. The van der Waals surface area contributed by atoms with Crippen LogP contribution >= 0.6 is 0 Å². The van der Waals surface area contributed by atoms with Crippen molar-refractivity contribution in [2.24, 2.45) is 10.2 Å². The molecule has 0 atom stereocenters. The Bertz CT molecular complexity index is 1090. The van der Waals surface area contributed by atoms with Crippen molar-refractivity contribution in [2.45, 2.75) is 24.2 Å². The van der Waals surface area contributed by atoms with Crippen LogP contribution in [0.5, 0.6) is 5.75 Å². The van der Waals surface area contributed by atoms with Crippen molar-refractivity contribution >= 4 is 39.2 Å². The van der Waals surface area contributed by atoms with Crippen LogP contribution in [0.2, 0.25) is 0 Å². The van der Waals surface area contributed by atoms with E-state index in [1.165, 1.54) is 30.3 Å². The summed E-state index contributed by atoms with van der Waals surface area (Å²) >= 11 is 0. The molecule has 12 heteroatoms. The Morgan fingerprint density at radius 3 is 2.10 bits per heavy atom. The van der Waals surface area contributed by atoms with Gasteiger partial charge in [0.15, 0.2) is 0 Å². The van der Waals surface area contributed by atoms with Crippen molar-refractivity contribution in [3.63, 3.8) is 0 Å². The number of hydrogen-bond acceptors (Lipinski definition) is 8. The third-order valence-electron chi connectivity index (χ3n) is 3.68. The van der Waals surface area contributed by atoms with Crippen LogP contribution < -0.4 is 4.72 Å². The van der Waals surface area contributed by atoms with Crippen molar-refractivity contribution in [3.05, 3.63) is 48.0 Å². The number of rotatable bonds is 9. The second kappa shape index (κ2) is 9.60. The molecule has 0 radical (unpaired) electrons. The first-order valence-corrected chi connectivity index (χ1v) is 9.92. The van der Waals surface area contributed by atoms with Crippen LogP contribution in [0.4, 0.5) is 11.4 Å². The smallest absolute Gasteiger partial charge is 0.339 e. The van der Waals surface area contributed by atoms with Crippen molar-refractivity contribution in [2.75, 3.05) is 0 Å². The molecule has 0 spiro atoms. The minimum Gasteiger partial charge on any atom is -0.507 e. The van der Waals surface area contributed by atoms with E-state index in [-0.39, 0.29) is 41.1 Å². The second-order valence-corrected chi connectivity index (χ2v) is 7.66. The van der Waals surface area contributed by atoms with Crippen LogP contribution in [-0.2, 0) is 19.6 Å². The number of phenols is 1. The number of sulfonamides is 1. The molecule has 1 amide bonds. The number of aliphatic carboxylic acids is 1. The van der Waals surface area contributed by atoms with Gasteiger partial charge in [-0.2, -0.15) is 10.2 Å². The first-order chi connectivity index (χ1) is 14.1. The molecule has 0 aliphatic rings. The van der Waals surface area contributed by atoms with E-state index in [0.717, 1.165) is 12.1 Å². The lowest BCUT2D eigenvalue weighted by Crippen LogP contribution is -2.30. The van der Waals surface area contributed by atoms with E-state index in [1.807, 2.05) is 4.72 Å². The third kappa shape index (κ3) is 6.38. The van der Waals surface area contributed by atoms with Gasteiger partial charge in [-0.25, -0.2) is 17.9 Å². The first kappa shape index (κ1) is 22.5. The molecule has 158 valence electrons. The monoisotopic (exact) mass is 435 g/mol. The zero-order valence-electron chi connectivity index (χ0n) is 15.3. The third-order valence-corrected chi connectivity index (χ3v) is 5.07. The molecule has 30 heavy (non-hydrogen) atoms. The molecular weight excluding hydrogens is 418 g/mol. The SMILES string of the molecule is O=C(O)CCCC(=O)NS(=O)(=O)c1ccc(/N=N/c2ccc(O)c(C(=O)O)c2)cc1. The van der Waals surface area contributed by atoms with E-state index in [0.29, 0.717) is 0 Å². The minimum absolute atomic E-state index is 0.0108. The second-order valence-electron chi connectivity index (χ2n) is 5.98. The number of carbonyl (C=O) groups excluding carboxylic acids is 1. The number of carboxylic acid groups (broad SMARTS) is 2. The molecular formula is C18H17N3O8S. The number of azo groups is 1. The number of amides is 1. The zero-order valence-corrected chi connectivity index (χ0v) is 16.2. The number of nitrogens with one attached hydrogen (secondary N) is 1. The molecule has 2 aromatic carbocycles. The molecule has 0 heterocycles. The maximum Gasteiger partial charge on any atom is 0.339 e. The van der Waals surface area contributed by atoms with Crippen molar-refractivity contribution < 1.29 is 38.1 Å². The number of carboxylic acids is 2. The summed E-state index contributed by atoms with van der Waals surface area (Å²) in [7, 11) is -4.13. The Balaban J connectivity index is 2.06. The summed E-state index contributed by atoms with van der Waals surface area (Å²) in [5, 5.41) is 34.7. The summed E-state index contributed by atoms with van der Waals surface area (Å²) in [6.07, 6.45) is -0.484.